The number of rotatable bonds is 3. The number of nitrogens with zero attached hydrogens (tertiary/aromatic N) is 1. The van der Waals surface area contributed by atoms with E-state index in [1.807, 2.05) is 0 Å². The Bertz CT molecular complexity index is 430. The number of aromatic carboxylic acids is 1. The first-order valence-electron chi connectivity index (χ1n) is 4.18. The van der Waals surface area contributed by atoms with Gasteiger partial charge in [-0.2, -0.15) is 0 Å². The third kappa shape index (κ3) is 2.07. The SMILES string of the molecule is CCc1ccc([N+](=O)[O-])c(C(=O)O)c1Cl. The van der Waals surface area contributed by atoms with E-state index in [0.29, 0.717) is 12.0 Å². The molecule has 6 heteroatoms. The predicted octanol–water partition coefficient (Wildman–Crippen LogP) is 2.51. The molecule has 80 valence electrons. The monoisotopic (exact) mass is 229 g/mol. The summed E-state index contributed by atoms with van der Waals surface area (Å²) in [5, 5.41) is 19.3. The van der Waals surface area contributed by atoms with E-state index in [9.17, 15) is 14.9 Å². The number of carboxylic acid groups (broad SMARTS) is 1. The quantitative estimate of drug-likeness (QED) is 0.638. The second kappa shape index (κ2) is 4.27. The van der Waals surface area contributed by atoms with Crippen LogP contribution in [0.1, 0.15) is 22.8 Å². The third-order valence-electron chi connectivity index (χ3n) is 1.99. The molecule has 0 fully saturated rings. The lowest BCUT2D eigenvalue weighted by Crippen LogP contribution is -2.05. The minimum Gasteiger partial charge on any atom is -0.477 e. The molecule has 1 aromatic carbocycles. The van der Waals surface area contributed by atoms with Crippen LogP contribution in [0.5, 0.6) is 0 Å². The molecule has 0 aliphatic heterocycles. The van der Waals surface area contributed by atoms with Crippen LogP contribution in [0.4, 0.5) is 5.69 Å². The summed E-state index contributed by atoms with van der Waals surface area (Å²) < 4.78 is 0. The third-order valence-corrected chi connectivity index (χ3v) is 2.42. The van der Waals surface area contributed by atoms with Gasteiger partial charge < -0.3 is 5.11 Å². The van der Waals surface area contributed by atoms with Gasteiger partial charge in [0, 0.05) is 6.07 Å². The van der Waals surface area contributed by atoms with Crippen LogP contribution in [0.25, 0.3) is 0 Å². The zero-order valence-electron chi connectivity index (χ0n) is 7.86. The first-order chi connectivity index (χ1) is 6.99. The molecular weight excluding hydrogens is 222 g/mol. The van der Waals surface area contributed by atoms with E-state index in [2.05, 4.69) is 0 Å². The van der Waals surface area contributed by atoms with Gasteiger partial charge in [0.25, 0.3) is 5.69 Å². The Labute approximate surface area is 90.4 Å². The highest BCUT2D eigenvalue weighted by molar-refractivity contribution is 6.34. The molecule has 0 saturated heterocycles. The number of hydrogen-bond acceptors (Lipinski definition) is 3. The van der Waals surface area contributed by atoms with Gasteiger partial charge >= 0.3 is 5.97 Å². The molecule has 0 saturated carbocycles. The van der Waals surface area contributed by atoms with E-state index < -0.39 is 22.1 Å². The summed E-state index contributed by atoms with van der Waals surface area (Å²) in [5.41, 5.74) is -0.342. The summed E-state index contributed by atoms with van der Waals surface area (Å²) in [5.74, 6) is -1.39. The maximum absolute atomic E-state index is 10.8. The average molecular weight is 230 g/mol. The van der Waals surface area contributed by atoms with E-state index in [1.165, 1.54) is 6.07 Å². The van der Waals surface area contributed by atoms with Gasteiger partial charge in [-0.05, 0) is 12.0 Å². The Morgan fingerprint density at radius 2 is 2.20 bits per heavy atom. The second-order valence-corrected chi connectivity index (χ2v) is 3.23. The molecule has 0 aliphatic rings. The number of hydrogen-bond donors (Lipinski definition) is 1. The Morgan fingerprint density at radius 1 is 1.60 bits per heavy atom. The van der Waals surface area contributed by atoms with Crippen molar-refractivity contribution in [3.8, 4) is 0 Å². The van der Waals surface area contributed by atoms with Crippen molar-refractivity contribution in [2.45, 2.75) is 13.3 Å². The number of nitro benzene ring substituents is 1. The summed E-state index contributed by atoms with van der Waals surface area (Å²) in [6, 6.07) is 2.63. The average Bonchev–Trinajstić information content (AvgIpc) is 2.16. The molecule has 0 heterocycles. The molecule has 0 amide bonds. The van der Waals surface area contributed by atoms with Crippen LogP contribution in [0.3, 0.4) is 0 Å². The fourth-order valence-electron chi connectivity index (χ4n) is 1.24. The maximum atomic E-state index is 10.8. The summed E-state index contributed by atoms with van der Waals surface area (Å²) in [6.07, 6.45) is 0.525. The highest BCUT2D eigenvalue weighted by Crippen LogP contribution is 2.29. The lowest BCUT2D eigenvalue weighted by molar-refractivity contribution is -0.385. The van der Waals surface area contributed by atoms with E-state index in [-0.39, 0.29) is 5.02 Å². The molecule has 15 heavy (non-hydrogen) atoms. The number of aryl methyl sites for hydroxylation is 1. The van der Waals surface area contributed by atoms with Gasteiger partial charge in [-0.15, -0.1) is 0 Å². The topological polar surface area (TPSA) is 80.4 Å². The highest BCUT2D eigenvalue weighted by atomic mass is 35.5. The summed E-state index contributed by atoms with van der Waals surface area (Å²) in [4.78, 5) is 20.6. The molecule has 0 atom stereocenters. The van der Waals surface area contributed by atoms with Gasteiger partial charge in [0.1, 0.15) is 0 Å². The molecular formula is C9H8ClNO4. The zero-order chi connectivity index (χ0) is 11.6. The first kappa shape index (κ1) is 11.5. The fourth-order valence-corrected chi connectivity index (χ4v) is 1.61. The molecule has 0 unspecified atom stereocenters. The number of carboxylic acids is 1. The van der Waals surface area contributed by atoms with Gasteiger partial charge in [-0.1, -0.05) is 24.6 Å². The fraction of sp³-hybridized carbons (Fsp3) is 0.222. The minimum atomic E-state index is -1.39. The number of benzene rings is 1. The molecule has 1 N–H and O–H groups in total. The first-order valence-corrected chi connectivity index (χ1v) is 4.55. The lowest BCUT2D eigenvalue weighted by Gasteiger charge is -2.05. The van der Waals surface area contributed by atoms with Crippen LogP contribution in [-0.4, -0.2) is 16.0 Å². The Kier molecular flexibility index (Phi) is 3.26. The normalized spacial score (nSPS) is 10.0. The smallest absolute Gasteiger partial charge is 0.344 e. The van der Waals surface area contributed by atoms with Crippen molar-refractivity contribution in [2.24, 2.45) is 0 Å². The molecule has 0 bridgehead atoms. The largest absolute Gasteiger partial charge is 0.477 e. The Balaban J connectivity index is 3.51. The number of halogens is 1. The van der Waals surface area contributed by atoms with Gasteiger partial charge in [0.05, 0.1) is 9.95 Å². The maximum Gasteiger partial charge on any atom is 0.344 e. The van der Waals surface area contributed by atoms with Crippen LogP contribution in [0, 0.1) is 10.1 Å². The van der Waals surface area contributed by atoms with Gasteiger partial charge in [0.15, 0.2) is 5.56 Å². The van der Waals surface area contributed by atoms with E-state index >= 15 is 0 Å². The van der Waals surface area contributed by atoms with Crippen molar-refractivity contribution < 1.29 is 14.8 Å². The molecule has 5 nitrogen and oxygen atoms in total. The molecule has 0 aromatic heterocycles. The van der Waals surface area contributed by atoms with Crippen LogP contribution < -0.4 is 0 Å². The van der Waals surface area contributed by atoms with Crippen LogP contribution in [0.15, 0.2) is 12.1 Å². The van der Waals surface area contributed by atoms with Crippen LogP contribution >= 0.6 is 11.6 Å². The summed E-state index contributed by atoms with van der Waals surface area (Å²) in [6.45, 7) is 1.79. The lowest BCUT2D eigenvalue weighted by atomic mass is 10.1. The van der Waals surface area contributed by atoms with Gasteiger partial charge in [-0.3, -0.25) is 10.1 Å². The van der Waals surface area contributed by atoms with Crippen LogP contribution in [0.2, 0.25) is 5.02 Å². The van der Waals surface area contributed by atoms with Gasteiger partial charge in [0.2, 0.25) is 0 Å². The Hall–Kier alpha value is -1.62. The molecule has 1 rings (SSSR count). The van der Waals surface area contributed by atoms with Crippen molar-refractivity contribution in [1.82, 2.24) is 0 Å². The number of nitro groups is 1. The Morgan fingerprint density at radius 3 is 2.60 bits per heavy atom. The standard InChI is InChI=1S/C9H8ClNO4/c1-2-5-3-4-6(11(14)15)7(8(5)10)9(12)13/h3-4H,2H2,1H3,(H,12,13). The minimum absolute atomic E-state index is 0.0563. The highest BCUT2D eigenvalue weighted by Gasteiger charge is 2.24. The van der Waals surface area contributed by atoms with Crippen molar-refractivity contribution in [1.29, 1.82) is 0 Å². The molecule has 0 aliphatic carbocycles. The van der Waals surface area contributed by atoms with E-state index in [0.717, 1.165) is 6.07 Å². The van der Waals surface area contributed by atoms with Crippen molar-refractivity contribution in [3.05, 3.63) is 38.4 Å². The van der Waals surface area contributed by atoms with Crippen molar-refractivity contribution in [2.75, 3.05) is 0 Å². The summed E-state index contributed by atoms with van der Waals surface area (Å²) in [7, 11) is 0. The number of carbonyl (C=O) groups is 1. The predicted molar refractivity (Wildman–Crippen MR) is 54.4 cm³/mol. The molecule has 0 spiro atoms. The van der Waals surface area contributed by atoms with Crippen molar-refractivity contribution in [3.63, 3.8) is 0 Å². The summed E-state index contributed by atoms with van der Waals surface area (Å²) >= 11 is 5.77. The van der Waals surface area contributed by atoms with E-state index in [1.54, 1.807) is 6.92 Å². The molecule has 0 radical (unpaired) electrons. The van der Waals surface area contributed by atoms with Gasteiger partial charge in [-0.25, -0.2) is 4.79 Å². The second-order valence-electron chi connectivity index (χ2n) is 2.85. The van der Waals surface area contributed by atoms with Crippen molar-refractivity contribution >= 4 is 23.3 Å². The van der Waals surface area contributed by atoms with Crippen LogP contribution in [-0.2, 0) is 6.42 Å². The molecule has 1 aromatic rings. The zero-order valence-corrected chi connectivity index (χ0v) is 8.61. The van der Waals surface area contributed by atoms with E-state index in [4.69, 9.17) is 16.7 Å².